The Balaban J connectivity index is 2.80. The van der Waals surface area contributed by atoms with Gasteiger partial charge in [0.15, 0.2) is 12.4 Å². The Labute approximate surface area is 88.8 Å². The predicted octanol–water partition coefficient (Wildman–Crippen LogP) is 1.32. The Kier molecular flexibility index (Phi) is 3.70. The van der Waals surface area contributed by atoms with Crippen molar-refractivity contribution in [1.82, 2.24) is 4.98 Å². The maximum Gasteiger partial charge on any atom is 0.341 e. The van der Waals surface area contributed by atoms with Crippen LogP contribution in [0.3, 0.4) is 0 Å². The minimum Gasteiger partial charge on any atom is -0.491 e. The summed E-state index contributed by atoms with van der Waals surface area (Å²) in [6.07, 6.45) is 1.50. The Morgan fingerprint density at radius 1 is 1.71 bits per heavy atom. The van der Waals surface area contributed by atoms with E-state index in [1.165, 1.54) is 13.3 Å². The van der Waals surface area contributed by atoms with Crippen molar-refractivity contribution >= 4 is 21.9 Å². The molecule has 0 fully saturated rings. The van der Waals surface area contributed by atoms with E-state index in [-0.39, 0.29) is 5.88 Å². The summed E-state index contributed by atoms with van der Waals surface area (Å²) in [5.41, 5.74) is 0. The summed E-state index contributed by atoms with van der Waals surface area (Å²) in [5.74, 6) is -0.504. The number of pyridine rings is 1. The van der Waals surface area contributed by atoms with Gasteiger partial charge in [0.1, 0.15) is 0 Å². The van der Waals surface area contributed by atoms with E-state index < -0.39 is 12.6 Å². The van der Waals surface area contributed by atoms with Gasteiger partial charge in [-0.2, -0.15) is 0 Å². The highest BCUT2D eigenvalue weighted by molar-refractivity contribution is 9.10. The van der Waals surface area contributed by atoms with Crippen molar-refractivity contribution in [2.45, 2.75) is 0 Å². The summed E-state index contributed by atoms with van der Waals surface area (Å²) in [5, 5.41) is 8.39. The maximum atomic E-state index is 10.2. The van der Waals surface area contributed by atoms with E-state index in [4.69, 9.17) is 14.6 Å². The monoisotopic (exact) mass is 261 g/mol. The second-order valence-corrected chi connectivity index (χ2v) is 3.26. The molecule has 0 aliphatic rings. The number of carboxylic acid groups (broad SMARTS) is 1. The van der Waals surface area contributed by atoms with Gasteiger partial charge in [-0.05, 0) is 15.9 Å². The van der Waals surface area contributed by atoms with Crippen molar-refractivity contribution < 1.29 is 19.4 Å². The van der Waals surface area contributed by atoms with Crippen LogP contribution in [-0.2, 0) is 4.79 Å². The fraction of sp³-hybridized carbons (Fsp3) is 0.250. The molecule has 0 saturated carbocycles. The number of halogens is 1. The highest BCUT2D eigenvalue weighted by Gasteiger charge is 2.08. The molecule has 0 amide bonds. The molecule has 6 heteroatoms. The summed E-state index contributed by atoms with van der Waals surface area (Å²) in [6, 6.07) is 1.64. The Morgan fingerprint density at radius 3 is 3.00 bits per heavy atom. The van der Waals surface area contributed by atoms with Crippen LogP contribution in [0, 0.1) is 0 Å². The lowest BCUT2D eigenvalue weighted by molar-refractivity contribution is -0.139. The number of methoxy groups -OCH3 is 1. The molecule has 0 saturated heterocycles. The lowest BCUT2D eigenvalue weighted by atomic mass is 10.4. The van der Waals surface area contributed by atoms with E-state index in [9.17, 15) is 4.79 Å². The first kappa shape index (κ1) is 10.8. The van der Waals surface area contributed by atoms with E-state index >= 15 is 0 Å². The van der Waals surface area contributed by atoms with Crippen LogP contribution in [0.25, 0.3) is 0 Å². The van der Waals surface area contributed by atoms with E-state index in [0.717, 1.165) is 4.47 Å². The average molecular weight is 262 g/mol. The molecule has 76 valence electrons. The first-order chi connectivity index (χ1) is 6.63. The number of hydrogen-bond acceptors (Lipinski definition) is 4. The normalized spacial score (nSPS) is 9.57. The van der Waals surface area contributed by atoms with Gasteiger partial charge in [-0.15, -0.1) is 0 Å². The van der Waals surface area contributed by atoms with Gasteiger partial charge in [0.25, 0.3) is 5.88 Å². The third-order valence-corrected chi connectivity index (χ3v) is 1.77. The van der Waals surface area contributed by atoms with E-state index in [0.29, 0.717) is 5.75 Å². The zero-order valence-corrected chi connectivity index (χ0v) is 8.94. The molecular weight excluding hydrogens is 254 g/mol. The molecule has 0 aliphatic carbocycles. The minimum absolute atomic E-state index is 0.165. The van der Waals surface area contributed by atoms with Gasteiger partial charge in [0, 0.05) is 16.7 Å². The molecular formula is C8H8BrNO4. The number of hydrogen-bond donors (Lipinski definition) is 1. The zero-order valence-electron chi connectivity index (χ0n) is 7.36. The smallest absolute Gasteiger partial charge is 0.341 e. The Morgan fingerprint density at radius 2 is 2.43 bits per heavy atom. The van der Waals surface area contributed by atoms with Crippen molar-refractivity contribution in [3.63, 3.8) is 0 Å². The number of ether oxygens (including phenoxy) is 2. The number of rotatable bonds is 4. The largest absolute Gasteiger partial charge is 0.491 e. The fourth-order valence-electron chi connectivity index (χ4n) is 0.793. The number of nitrogens with zero attached hydrogens (tertiary/aromatic N) is 1. The van der Waals surface area contributed by atoms with Crippen LogP contribution in [0.5, 0.6) is 11.6 Å². The van der Waals surface area contributed by atoms with Crippen LogP contribution in [0.4, 0.5) is 0 Å². The van der Waals surface area contributed by atoms with Gasteiger partial charge >= 0.3 is 5.97 Å². The van der Waals surface area contributed by atoms with Crippen molar-refractivity contribution in [3.8, 4) is 11.6 Å². The van der Waals surface area contributed by atoms with E-state index in [2.05, 4.69) is 20.9 Å². The molecule has 0 unspecified atom stereocenters. The van der Waals surface area contributed by atoms with Crippen molar-refractivity contribution in [1.29, 1.82) is 0 Å². The summed E-state index contributed by atoms with van der Waals surface area (Å²) in [4.78, 5) is 14.1. The summed E-state index contributed by atoms with van der Waals surface area (Å²) < 4.78 is 10.6. The van der Waals surface area contributed by atoms with Crippen LogP contribution in [0.15, 0.2) is 16.7 Å². The van der Waals surface area contributed by atoms with Gasteiger partial charge in [-0.25, -0.2) is 9.78 Å². The molecule has 1 rings (SSSR count). The quantitative estimate of drug-likeness (QED) is 0.886. The summed E-state index contributed by atoms with van der Waals surface area (Å²) in [6.45, 7) is -0.439. The van der Waals surface area contributed by atoms with Crippen LogP contribution < -0.4 is 9.47 Å². The second kappa shape index (κ2) is 4.80. The Hall–Kier alpha value is -1.30. The minimum atomic E-state index is -1.06. The topological polar surface area (TPSA) is 68.7 Å². The SMILES string of the molecule is COc1cc(Br)cnc1OCC(=O)O. The van der Waals surface area contributed by atoms with Crippen molar-refractivity contribution in [3.05, 3.63) is 16.7 Å². The molecule has 1 aromatic rings. The Bertz CT molecular complexity index is 342. The van der Waals surface area contributed by atoms with Gasteiger partial charge in [-0.3, -0.25) is 0 Å². The molecule has 1 aromatic heterocycles. The van der Waals surface area contributed by atoms with Crippen LogP contribution in [0.2, 0.25) is 0 Å². The van der Waals surface area contributed by atoms with Gasteiger partial charge < -0.3 is 14.6 Å². The third kappa shape index (κ3) is 2.88. The van der Waals surface area contributed by atoms with E-state index in [1.54, 1.807) is 6.07 Å². The van der Waals surface area contributed by atoms with Gasteiger partial charge in [-0.1, -0.05) is 0 Å². The second-order valence-electron chi connectivity index (χ2n) is 2.34. The van der Waals surface area contributed by atoms with Crippen molar-refractivity contribution in [2.24, 2.45) is 0 Å². The zero-order chi connectivity index (χ0) is 10.6. The lowest BCUT2D eigenvalue weighted by Gasteiger charge is -2.07. The number of aromatic nitrogens is 1. The molecule has 0 spiro atoms. The molecule has 0 aliphatic heterocycles. The highest BCUT2D eigenvalue weighted by atomic mass is 79.9. The van der Waals surface area contributed by atoms with E-state index in [1.807, 2.05) is 0 Å². The van der Waals surface area contributed by atoms with Crippen LogP contribution in [-0.4, -0.2) is 29.8 Å². The molecule has 0 bridgehead atoms. The maximum absolute atomic E-state index is 10.2. The molecule has 5 nitrogen and oxygen atoms in total. The van der Waals surface area contributed by atoms with Crippen LogP contribution >= 0.6 is 15.9 Å². The first-order valence-electron chi connectivity index (χ1n) is 3.67. The lowest BCUT2D eigenvalue weighted by Crippen LogP contribution is -2.10. The average Bonchev–Trinajstić information content (AvgIpc) is 2.15. The summed E-state index contributed by atoms with van der Waals surface area (Å²) in [7, 11) is 1.46. The number of aliphatic carboxylic acids is 1. The molecule has 0 atom stereocenters. The number of carbonyl (C=O) groups is 1. The summed E-state index contributed by atoms with van der Waals surface area (Å²) >= 11 is 3.20. The first-order valence-corrected chi connectivity index (χ1v) is 4.47. The molecule has 14 heavy (non-hydrogen) atoms. The standard InChI is InChI=1S/C8H8BrNO4/c1-13-6-2-5(9)3-10-8(6)14-4-7(11)12/h2-3H,4H2,1H3,(H,11,12). The van der Waals surface area contributed by atoms with Gasteiger partial charge in [0.05, 0.1) is 7.11 Å². The molecule has 0 radical (unpaired) electrons. The predicted molar refractivity (Wildman–Crippen MR) is 51.6 cm³/mol. The van der Waals surface area contributed by atoms with Crippen molar-refractivity contribution in [2.75, 3.05) is 13.7 Å². The third-order valence-electron chi connectivity index (χ3n) is 1.34. The molecule has 1 heterocycles. The molecule has 0 aromatic carbocycles. The fourth-order valence-corrected chi connectivity index (χ4v) is 1.10. The van der Waals surface area contributed by atoms with Gasteiger partial charge in [0.2, 0.25) is 0 Å². The number of carboxylic acids is 1. The highest BCUT2D eigenvalue weighted by Crippen LogP contribution is 2.26. The van der Waals surface area contributed by atoms with Crippen LogP contribution in [0.1, 0.15) is 0 Å². The molecule has 1 N–H and O–H groups in total.